The second-order valence-corrected chi connectivity index (χ2v) is 25.0. The number of ether oxygens (including phenoxy) is 6. The first kappa shape index (κ1) is 65.5. The molecular weight excluding hydrogens is 1100 g/mol. The smallest absolute Gasteiger partial charge is 0.320 e. The Kier molecular flexibility index (Phi) is 22.9. The fourth-order valence-electron chi connectivity index (χ4n) is 11.5. The van der Waals surface area contributed by atoms with Gasteiger partial charge in [0.1, 0.15) is 47.1 Å². The number of allylic oxidation sites excluding steroid dienone is 4. The Morgan fingerprint density at radius 1 is 0.927 bits per heavy atom. The van der Waals surface area contributed by atoms with Crippen LogP contribution in [0, 0.1) is 36.5 Å². The second-order valence-electron chi connectivity index (χ2n) is 22.9. The summed E-state index contributed by atoms with van der Waals surface area (Å²) in [5.41, 5.74) is -0.661. The normalized spacial score (nSPS) is 28.6. The Bertz CT molecular complexity index is 2740. The van der Waals surface area contributed by atoms with Gasteiger partial charge in [0.2, 0.25) is 5.78 Å². The van der Waals surface area contributed by atoms with E-state index < -0.39 is 100 Å². The van der Waals surface area contributed by atoms with Crippen LogP contribution in [0.15, 0.2) is 52.5 Å². The Morgan fingerprint density at radius 3 is 2.24 bits per heavy atom. The molecule has 1 aromatic rings. The largest absolute Gasteiger partial charge is 0.507 e. The fraction of sp³-hybridized carbons (Fsp3) is 0.644. The molecule has 4 N–H and O–H groups in total. The minimum atomic E-state index is -2.04. The molecular formula is C59H83N5O16P2. The number of aliphatic imine (C=N–C) groups is 1. The maximum Gasteiger partial charge on any atom is 0.320 e. The first-order chi connectivity index (χ1) is 38.8. The number of aromatic hydroxyl groups is 1. The monoisotopic (exact) mass is 1180 g/mol. The average molecular weight is 1180 g/mol. The van der Waals surface area contributed by atoms with Crippen molar-refractivity contribution in [1.29, 1.82) is 0 Å². The van der Waals surface area contributed by atoms with E-state index >= 15 is 4.79 Å². The van der Waals surface area contributed by atoms with Crippen LogP contribution in [0.1, 0.15) is 146 Å². The third-order valence-corrected chi connectivity index (χ3v) is 17.7. The van der Waals surface area contributed by atoms with Crippen LogP contribution in [0.4, 0.5) is 0 Å². The number of phenolic OH excluding ortho intramolecular Hbond substituents is 1. The fourth-order valence-corrected chi connectivity index (χ4v) is 12.2. The topological polar surface area (TPSA) is 275 Å². The summed E-state index contributed by atoms with van der Waals surface area (Å²) in [4.78, 5) is 93.1. The van der Waals surface area contributed by atoms with Crippen molar-refractivity contribution in [2.45, 2.75) is 162 Å². The SMILES string of the molecule is CCCC(=O)OCCN(CCCCC(P=O)P=O)CC(=O)O[C@@H]1[C@@H](C)[C@@H](O)[C@@H](C)[C@H](OC(C)=O)[C@H](C)[C@@H](OC)/C=C/O[C@@]2(C)Oc3c(C)c(O)c4c(c3C2=O)C2=NC3(CCN(CC(C)C)CC3)NC2=C(NC(=O)/C(C)=C\C=C\[C@@H]1C)C4=O. The lowest BCUT2D eigenvalue weighted by atomic mass is 9.78. The molecule has 82 heavy (non-hydrogen) atoms. The van der Waals surface area contributed by atoms with Crippen molar-refractivity contribution in [3.05, 3.63) is 69.8 Å². The van der Waals surface area contributed by atoms with Crippen molar-refractivity contribution in [2.24, 2.45) is 34.6 Å². The Labute approximate surface area is 484 Å². The number of ketones is 2. The number of benzene rings is 1. The summed E-state index contributed by atoms with van der Waals surface area (Å²) in [5.74, 6) is -8.87. The highest BCUT2D eigenvalue weighted by Gasteiger charge is 2.54. The van der Waals surface area contributed by atoms with Crippen LogP contribution >= 0.6 is 16.9 Å². The summed E-state index contributed by atoms with van der Waals surface area (Å²) in [6.07, 6.45) is 6.73. The number of piperidine rings is 1. The van der Waals surface area contributed by atoms with Crippen molar-refractivity contribution in [2.75, 3.05) is 53.0 Å². The van der Waals surface area contributed by atoms with Gasteiger partial charge in [-0.1, -0.05) is 73.1 Å². The molecule has 6 aliphatic rings. The van der Waals surface area contributed by atoms with E-state index in [1.165, 1.54) is 46.3 Å². The molecule has 0 unspecified atom stereocenters. The number of aliphatic hydroxyl groups excluding tert-OH is 1. The molecule has 7 rings (SSSR count). The zero-order chi connectivity index (χ0) is 60.4. The predicted octanol–water partition coefficient (Wildman–Crippen LogP) is 7.89. The van der Waals surface area contributed by atoms with Crippen LogP contribution in [0.3, 0.4) is 0 Å². The number of aliphatic hydroxyl groups is 1. The van der Waals surface area contributed by atoms with E-state index in [0.29, 0.717) is 64.1 Å². The van der Waals surface area contributed by atoms with E-state index in [2.05, 4.69) is 29.4 Å². The number of nitrogens with zero attached hydrogens (tertiary/aromatic N) is 3. The number of carbonyl (C=O) groups is 6. The number of methoxy groups -OCH3 is 1. The van der Waals surface area contributed by atoms with Crippen molar-refractivity contribution < 1.29 is 76.5 Å². The van der Waals surface area contributed by atoms with Crippen molar-refractivity contribution in [3.63, 3.8) is 0 Å². The standard InChI is InChI=1S/C59H83N5O16P2/c1-13-17-41(66)76-29-27-63(24-15-14-20-43(81-73)82-74)31-42(67)79-53-33(4)18-16-19-34(5)57(72)60-49-48-47(61-59(62-48)22-25-64(26-23-59)30-32(2)3)44-45(52(49)70)51(69)38(9)55-46(44)56(71)58(11,80-55)77-28-21-40(75-12)35(6)54(78-39(10)65)37(8)50(68)36(53)7/h16,18-19,21,28,32-33,35-37,40,43,50,53-54,62,68-69H,13-15,17,20,22-27,29-31H2,1-12H3,(H,60,72)/b18-16+,28-21+,34-19-/t33-,35+,36-,37+,40-,50+,53-,54+,58-/m0/s1. The number of phenols is 1. The van der Waals surface area contributed by atoms with Gasteiger partial charge in [-0.3, -0.25) is 47.8 Å². The molecule has 23 heteroatoms. The number of hydrogen-bond acceptors (Lipinski definition) is 20. The van der Waals surface area contributed by atoms with E-state index in [0.717, 1.165) is 6.54 Å². The molecule has 5 aliphatic heterocycles. The Morgan fingerprint density at radius 2 is 1.61 bits per heavy atom. The Hall–Kier alpha value is -5.69. The van der Waals surface area contributed by atoms with Gasteiger partial charge in [0.05, 0.1) is 47.6 Å². The molecule has 5 heterocycles. The molecule has 21 nitrogen and oxygen atoms in total. The van der Waals surface area contributed by atoms with E-state index in [4.69, 9.17) is 33.4 Å². The quantitative estimate of drug-likeness (QED) is 0.0443. The summed E-state index contributed by atoms with van der Waals surface area (Å²) >= 11 is 0. The van der Waals surface area contributed by atoms with Crippen LogP contribution in [0.2, 0.25) is 0 Å². The highest BCUT2D eigenvalue weighted by atomic mass is 31.1. The lowest BCUT2D eigenvalue weighted by Crippen LogP contribution is -2.50. The summed E-state index contributed by atoms with van der Waals surface area (Å²) in [6, 6.07) is 0. The first-order valence-corrected chi connectivity index (χ1v) is 30.3. The van der Waals surface area contributed by atoms with E-state index in [9.17, 15) is 43.3 Å². The molecule has 0 aromatic heterocycles. The molecule has 0 saturated carbocycles. The van der Waals surface area contributed by atoms with Gasteiger partial charge in [-0.2, -0.15) is 0 Å². The van der Waals surface area contributed by atoms with Gasteiger partial charge in [0.15, 0.2) is 16.9 Å². The molecule has 9 atom stereocenters. The number of amides is 1. The molecule has 5 bridgehead atoms. The highest BCUT2D eigenvalue weighted by molar-refractivity contribution is 7.44. The maximum atomic E-state index is 15.0. The van der Waals surface area contributed by atoms with Crippen LogP contribution in [-0.2, 0) is 52.0 Å². The molecule has 1 fully saturated rings. The predicted molar refractivity (Wildman–Crippen MR) is 306 cm³/mol. The van der Waals surface area contributed by atoms with Crippen LogP contribution in [-0.4, -0.2) is 155 Å². The maximum absolute atomic E-state index is 15.0. The van der Waals surface area contributed by atoms with Gasteiger partial charge in [-0.05, 0) is 51.6 Å². The third-order valence-electron chi connectivity index (χ3n) is 16.1. The van der Waals surface area contributed by atoms with Crippen molar-refractivity contribution in [1.82, 2.24) is 20.4 Å². The summed E-state index contributed by atoms with van der Waals surface area (Å²) < 4.78 is 59.0. The number of Topliss-reactive ketones (excluding diaryl/α,β-unsaturated/α-hetero) is 2. The molecule has 1 aromatic carbocycles. The average Bonchev–Trinajstić information content (AvgIpc) is 1.64. The summed E-state index contributed by atoms with van der Waals surface area (Å²) in [5, 5.41) is 30.1. The van der Waals surface area contributed by atoms with Gasteiger partial charge < -0.3 is 54.2 Å². The van der Waals surface area contributed by atoms with E-state index in [1.54, 1.807) is 51.7 Å². The number of rotatable bonds is 19. The number of carbonyl (C=O) groups excluding carboxylic acids is 6. The zero-order valence-corrected chi connectivity index (χ0v) is 51.2. The molecule has 1 saturated heterocycles. The zero-order valence-electron chi connectivity index (χ0n) is 49.4. The molecule has 450 valence electrons. The summed E-state index contributed by atoms with van der Waals surface area (Å²) in [7, 11) is 0.965. The molecule has 1 spiro atoms. The van der Waals surface area contributed by atoms with Crippen molar-refractivity contribution >= 4 is 58.0 Å². The molecule has 1 amide bonds. The molecule has 1 aliphatic carbocycles. The number of fused-ring (bicyclic) bond motifs is 13. The third kappa shape index (κ3) is 15.2. The molecule has 0 radical (unpaired) electrons. The number of esters is 3. The van der Waals surface area contributed by atoms with Gasteiger partial charge in [0, 0.05) is 107 Å². The second kappa shape index (κ2) is 28.7. The van der Waals surface area contributed by atoms with Crippen LogP contribution in [0.5, 0.6) is 11.5 Å². The summed E-state index contributed by atoms with van der Waals surface area (Å²) in [6.45, 7) is 21.3. The number of likely N-dealkylation sites (tertiary alicyclic amines) is 1. The van der Waals surface area contributed by atoms with Crippen LogP contribution in [0.25, 0.3) is 0 Å². The van der Waals surface area contributed by atoms with E-state index in [1.807, 2.05) is 6.92 Å². The van der Waals surface area contributed by atoms with Crippen molar-refractivity contribution in [3.8, 4) is 11.5 Å². The minimum absolute atomic E-state index is 0.000334. The van der Waals surface area contributed by atoms with Gasteiger partial charge in [0.25, 0.3) is 11.7 Å². The number of unbranched alkanes of at least 4 members (excludes halogenated alkanes) is 1. The van der Waals surface area contributed by atoms with Gasteiger partial charge in [-0.15, -0.1) is 0 Å². The first-order valence-electron chi connectivity index (χ1n) is 28.5. The van der Waals surface area contributed by atoms with E-state index in [-0.39, 0.29) is 99.7 Å². The lowest BCUT2D eigenvalue weighted by molar-refractivity contribution is -0.166. The van der Waals surface area contributed by atoms with Gasteiger partial charge in [-0.25, -0.2) is 0 Å². The van der Waals surface area contributed by atoms with Crippen LogP contribution < -0.4 is 15.4 Å². The van der Waals surface area contributed by atoms with Gasteiger partial charge >= 0.3 is 23.7 Å². The Balaban J connectivity index is 1.42. The number of nitrogens with one attached hydrogen (secondary N) is 2. The highest BCUT2D eigenvalue weighted by Crippen LogP contribution is 2.50. The lowest BCUT2D eigenvalue weighted by Gasteiger charge is -2.39. The number of hydrogen-bond donors (Lipinski definition) is 4. The minimum Gasteiger partial charge on any atom is -0.507 e.